The summed E-state index contributed by atoms with van der Waals surface area (Å²) in [5, 5.41) is 8.62. The molecule has 1 heterocycles. The quantitative estimate of drug-likeness (QED) is 0.638. The maximum Gasteiger partial charge on any atom is 0.180 e. The van der Waals surface area contributed by atoms with Crippen LogP contribution in [0.1, 0.15) is 18.5 Å². The minimum atomic E-state index is 0.0868. The number of rotatable bonds is 2. The van der Waals surface area contributed by atoms with Crippen LogP contribution < -0.4 is 0 Å². The van der Waals surface area contributed by atoms with Crippen LogP contribution in [0.3, 0.4) is 0 Å². The van der Waals surface area contributed by atoms with Crippen molar-refractivity contribution >= 4 is 0 Å². The Bertz CT molecular complexity index is 160. The molecule has 0 saturated heterocycles. The monoisotopic (exact) mass is 127 g/mol. The zero-order valence-corrected chi connectivity index (χ0v) is 5.24. The molecule has 1 unspecified atom stereocenters. The number of nitrogens with zero attached hydrogens (tertiary/aromatic N) is 1. The molecule has 0 amide bonds. The third-order valence-electron chi connectivity index (χ3n) is 1.23. The molecule has 0 saturated carbocycles. The van der Waals surface area contributed by atoms with Crippen LogP contribution in [0.15, 0.2) is 17.1 Å². The third-order valence-corrected chi connectivity index (χ3v) is 1.23. The van der Waals surface area contributed by atoms with E-state index in [1.54, 1.807) is 6.26 Å². The molecule has 1 aromatic rings. The molecule has 0 aliphatic heterocycles. The van der Waals surface area contributed by atoms with Gasteiger partial charge in [-0.3, -0.25) is 0 Å². The lowest BCUT2D eigenvalue weighted by Gasteiger charge is -1.99. The van der Waals surface area contributed by atoms with Crippen molar-refractivity contribution in [3.8, 4) is 0 Å². The van der Waals surface area contributed by atoms with E-state index in [1.165, 1.54) is 6.39 Å². The number of aromatic nitrogens is 1. The summed E-state index contributed by atoms with van der Waals surface area (Å²) in [6.45, 7) is 2.00. The third kappa shape index (κ3) is 1.29. The number of aliphatic hydroxyl groups excluding tert-OH is 1. The minimum absolute atomic E-state index is 0.0868. The van der Waals surface area contributed by atoms with Crippen molar-refractivity contribution in [2.45, 2.75) is 12.8 Å². The van der Waals surface area contributed by atoms with E-state index in [1.807, 2.05) is 6.92 Å². The molecule has 0 bridgehead atoms. The summed E-state index contributed by atoms with van der Waals surface area (Å²) in [7, 11) is 0. The molecule has 3 nitrogen and oxygen atoms in total. The molecule has 50 valence electrons. The number of oxazole rings is 1. The lowest BCUT2D eigenvalue weighted by Crippen LogP contribution is -1.97. The van der Waals surface area contributed by atoms with Crippen LogP contribution in [0.2, 0.25) is 0 Å². The van der Waals surface area contributed by atoms with Gasteiger partial charge in [-0.25, -0.2) is 4.98 Å². The lowest BCUT2D eigenvalue weighted by atomic mass is 10.1. The summed E-state index contributed by atoms with van der Waals surface area (Å²) in [4.78, 5) is 3.86. The SMILES string of the molecule is CC(CO)c1cocn1. The largest absolute Gasteiger partial charge is 0.451 e. The Hall–Kier alpha value is -0.830. The zero-order valence-electron chi connectivity index (χ0n) is 5.24. The van der Waals surface area contributed by atoms with Crippen LogP contribution in [-0.4, -0.2) is 16.7 Å². The van der Waals surface area contributed by atoms with E-state index < -0.39 is 0 Å². The predicted octanol–water partition coefficient (Wildman–Crippen LogP) is 0.770. The van der Waals surface area contributed by atoms with Gasteiger partial charge in [0.1, 0.15) is 6.26 Å². The van der Waals surface area contributed by atoms with E-state index in [0.717, 1.165) is 5.69 Å². The average molecular weight is 127 g/mol. The summed E-state index contributed by atoms with van der Waals surface area (Å²) in [6, 6.07) is 0. The smallest absolute Gasteiger partial charge is 0.180 e. The first-order chi connectivity index (χ1) is 4.34. The van der Waals surface area contributed by atoms with Crippen molar-refractivity contribution < 1.29 is 9.52 Å². The van der Waals surface area contributed by atoms with Crippen molar-refractivity contribution in [2.24, 2.45) is 0 Å². The fourth-order valence-electron chi connectivity index (χ4n) is 0.559. The first-order valence-electron chi connectivity index (χ1n) is 2.83. The van der Waals surface area contributed by atoms with Gasteiger partial charge < -0.3 is 9.52 Å². The molecule has 1 N–H and O–H groups in total. The van der Waals surface area contributed by atoms with Crippen LogP contribution in [0, 0.1) is 0 Å². The summed E-state index contributed by atoms with van der Waals surface area (Å²) < 4.78 is 4.72. The second-order valence-corrected chi connectivity index (χ2v) is 2.00. The van der Waals surface area contributed by atoms with Crippen molar-refractivity contribution in [3.63, 3.8) is 0 Å². The van der Waals surface area contributed by atoms with Gasteiger partial charge in [0, 0.05) is 5.92 Å². The number of hydrogen-bond acceptors (Lipinski definition) is 3. The highest BCUT2D eigenvalue weighted by molar-refractivity contribution is 4.98. The highest BCUT2D eigenvalue weighted by Crippen LogP contribution is 2.09. The van der Waals surface area contributed by atoms with Gasteiger partial charge in [0.25, 0.3) is 0 Å². The maximum absolute atomic E-state index is 8.62. The molecule has 0 spiro atoms. The molecule has 0 aliphatic rings. The molecule has 1 aromatic heterocycles. The molecule has 0 fully saturated rings. The van der Waals surface area contributed by atoms with Gasteiger partial charge in [0.2, 0.25) is 0 Å². The molecule has 1 rings (SSSR count). The van der Waals surface area contributed by atoms with E-state index in [0.29, 0.717) is 0 Å². The van der Waals surface area contributed by atoms with Gasteiger partial charge in [0.15, 0.2) is 6.39 Å². The molecule has 0 radical (unpaired) electrons. The fraction of sp³-hybridized carbons (Fsp3) is 0.500. The van der Waals surface area contributed by atoms with Gasteiger partial charge in [-0.2, -0.15) is 0 Å². The Morgan fingerprint density at radius 1 is 1.89 bits per heavy atom. The van der Waals surface area contributed by atoms with Gasteiger partial charge in [-0.15, -0.1) is 0 Å². The molecule has 3 heteroatoms. The zero-order chi connectivity index (χ0) is 6.69. The standard InChI is InChI=1S/C6H9NO2/c1-5(2-8)6-3-9-4-7-6/h3-5,8H,2H2,1H3. The summed E-state index contributed by atoms with van der Waals surface area (Å²) in [5.74, 6) is 0.0868. The Morgan fingerprint density at radius 2 is 2.67 bits per heavy atom. The van der Waals surface area contributed by atoms with Gasteiger partial charge in [-0.05, 0) is 0 Å². The molecule has 1 atom stereocenters. The maximum atomic E-state index is 8.62. The first-order valence-corrected chi connectivity index (χ1v) is 2.83. The van der Waals surface area contributed by atoms with Crippen LogP contribution in [0.4, 0.5) is 0 Å². The number of hydrogen-bond donors (Lipinski definition) is 1. The van der Waals surface area contributed by atoms with E-state index in [2.05, 4.69) is 4.98 Å². The molecular formula is C6H9NO2. The van der Waals surface area contributed by atoms with E-state index in [4.69, 9.17) is 9.52 Å². The van der Waals surface area contributed by atoms with Crippen molar-refractivity contribution in [1.29, 1.82) is 0 Å². The van der Waals surface area contributed by atoms with E-state index >= 15 is 0 Å². The Balaban J connectivity index is 2.65. The second kappa shape index (κ2) is 2.64. The van der Waals surface area contributed by atoms with Crippen molar-refractivity contribution in [1.82, 2.24) is 4.98 Å². The van der Waals surface area contributed by atoms with Gasteiger partial charge in [-0.1, -0.05) is 6.92 Å². The Morgan fingerprint density at radius 3 is 3.11 bits per heavy atom. The fourth-order valence-corrected chi connectivity index (χ4v) is 0.559. The predicted molar refractivity (Wildman–Crippen MR) is 32.0 cm³/mol. The van der Waals surface area contributed by atoms with Crippen LogP contribution in [0.5, 0.6) is 0 Å². The normalized spacial score (nSPS) is 13.6. The molecule has 9 heavy (non-hydrogen) atoms. The van der Waals surface area contributed by atoms with Crippen LogP contribution in [0.25, 0.3) is 0 Å². The van der Waals surface area contributed by atoms with Crippen LogP contribution in [-0.2, 0) is 0 Å². The minimum Gasteiger partial charge on any atom is -0.451 e. The van der Waals surface area contributed by atoms with Crippen molar-refractivity contribution in [3.05, 3.63) is 18.4 Å². The Kier molecular flexibility index (Phi) is 1.85. The summed E-state index contributed by atoms with van der Waals surface area (Å²) >= 11 is 0. The second-order valence-electron chi connectivity index (χ2n) is 2.00. The number of aliphatic hydroxyl groups is 1. The summed E-state index contributed by atoms with van der Waals surface area (Å²) in [6.07, 6.45) is 2.91. The lowest BCUT2D eigenvalue weighted by molar-refractivity contribution is 0.271. The molecular weight excluding hydrogens is 118 g/mol. The van der Waals surface area contributed by atoms with Crippen molar-refractivity contribution in [2.75, 3.05) is 6.61 Å². The van der Waals surface area contributed by atoms with E-state index in [-0.39, 0.29) is 12.5 Å². The van der Waals surface area contributed by atoms with Gasteiger partial charge in [0.05, 0.1) is 12.3 Å². The Labute approximate surface area is 53.3 Å². The molecule has 0 aromatic carbocycles. The first kappa shape index (κ1) is 6.29. The highest BCUT2D eigenvalue weighted by atomic mass is 16.3. The average Bonchev–Trinajstić information content (AvgIpc) is 2.37. The van der Waals surface area contributed by atoms with Gasteiger partial charge >= 0.3 is 0 Å². The highest BCUT2D eigenvalue weighted by Gasteiger charge is 2.04. The molecule has 0 aliphatic carbocycles. The van der Waals surface area contributed by atoms with E-state index in [9.17, 15) is 0 Å². The summed E-state index contributed by atoms with van der Waals surface area (Å²) in [5.41, 5.74) is 0.803. The van der Waals surface area contributed by atoms with Crippen LogP contribution >= 0.6 is 0 Å². The topological polar surface area (TPSA) is 46.3 Å².